The van der Waals surface area contributed by atoms with Gasteiger partial charge in [0.2, 0.25) is 0 Å². The molecule has 0 radical (unpaired) electrons. The van der Waals surface area contributed by atoms with Crippen LogP contribution in [-0.2, 0) is 19.6 Å². The van der Waals surface area contributed by atoms with E-state index in [2.05, 4.69) is 75.3 Å². The molecule has 0 aliphatic heterocycles. The van der Waals surface area contributed by atoms with Crippen molar-refractivity contribution >= 4 is 11.9 Å². The van der Waals surface area contributed by atoms with E-state index in [1.54, 1.807) is 0 Å². The Hall–Kier alpha value is -2.14. The molecule has 1 aromatic heterocycles. The summed E-state index contributed by atoms with van der Waals surface area (Å²) in [5.41, 5.74) is 3.77. The number of pyridine rings is 1. The van der Waals surface area contributed by atoms with Crippen molar-refractivity contribution in [2.75, 3.05) is 0 Å². The lowest BCUT2D eigenvalue weighted by molar-refractivity contribution is 0.458. The highest BCUT2D eigenvalue weighted by Gasteiger charge is 2.29. The minimum atomic E-state index is 0.709. The molecule has 4 rings (SSSR count). The maximum absolute atomic E-state index is 4.36. The second-order valence-corrected chi connectivity index (χ2v) is 8.08. The van der Waals surface area contributed by atoms with Crippen molar-refractivity contribution in [2.24, 2.45) is 0 Å². The van der Waals surface area contributed by atoms with Gasteiger partial charge in [0.25, 0.3) is 0 Å². The van der Waals surface area contributed by atoms with Crippen LogP contribution in [0.2, 0.25) is 0 Å². The van der Waals surface area contributed by atoms with Crippen molar-refractivity contribution in [2.45, 2.75) is 43.4 Å². The van der Waals surface area contributed by atoms with Gasteiger partial charge in [-0.25, -0.2) is 4.31 Å². The number of nitrogens with zero attached hydrogens (tertiary/aromatic N) is 2. The van der Waals surface area contributed by atoms with Gasteiger partial charge in [-0.05, 0) is 60.2 Å². The highest BCUT2D eigenvalue weighted by Crippen LogP contribution is 2.37. The normalized spacial score (nSPS) is 13.8. The number of rotatable bonds is 9. The van der Waals surface area contributed by atoms with E-state index in [1.807, 2.05) is 30.3 Å². The van der Waals surface area contributed by atoms with Crippen molar-refractivity contribution in [3.63, 3.8) is 0 Å². The summed E-state index contributed by atoms with van der Waals surface area (Å²) in [6.07, 6.45) is 4.46. The predicted octanol–water partition coefficient (Wildman–Crippen LogP) is 5.04. The van der Waals surface area contributed by atoms with Crippen LogP contribution in [0.5, 0.6) is 0 Å². The summed E-state index contributed by atoms with van der Waals surface area (Å²) in [4.78, 5) is 5.67. The van der Waals surface area contributed by atoms with Gasteiger partial charge in [0, 0.05) is 36.8 Å². The third-order valence-corrected chi connectivity index (χ3v) is 5.74. The van der Waals surface area contributed by atoms with Crippen LogP contribution in [0.1, 0.15) is 29.7 Å². The number of nitrogens with one attached hydrogen (secondary N) is 1. The predicted molar refractivity (Wildman–Crippen MR) is 112 cm³/mol. The summed E-state index contributed by atoms with van der Waals surface area (Å²) < 4.78 is 2.54. The third kappa shape index (κ3) is 5.67. The quantitative estimate of drug-likeness (QED) is 0.530. The van der Waals surface area contributed by atoms with Gasteiger partial charge in [-0.3, -0.25) is 4.98 Å². The van der Waals surface area contributed by atoms with Crippen molar-refractivity contribution in [3.8, 4) is 0 Å². The van der Waals surface area contributed by atoms with Crippen LogP contribution in [0.3, 0.4) is 0 Å². The molecule has 1 N–H and O–H groups in total. The lowest BCUT2D eigenvalue weighted by atomic mass is 10.2. The molecule has 1 fully saturated rings. The van der Waals surface area contributed by atoms with E-state index in [9.17, 15) is 0 Å². The third-order valence-electron chi connectivity index (χ3n) is 4.62. The number of hydrogen-bond donors (Lipinski definition) is 1. The minimum absolute atomic E-state index is 0.709. The first-order valence-corrected chi connectivity index (χ1v) is 10.3. The van der Waals surface area contributed by atoms with Crippen LogP contribution in [-0.4, -0.2) is 15.3 Å². The van der Waals surface area contributed by atoms with Gasteiger partial charge in [-0.15, -0.1) is 0 Å². The summed E-state index contributed by atoms with van der Waals surface area (Å²) >= 11 is 1.89. The number of benzene rings is 2. The van der Waals surface area contributed by atoms with Gasteiger partial charge in [0.15, 0.2) is 0 Å². The summed E-state index contributed by atoms with van der Waals surface area (Å²) in [5.74, 6) is 0. The van der Waals surface area contributed by atoms with E-state index in [1.165, 1.54) is 28.9 Å². The van der Waals surface area contributed by atoms with Crippen LogP contribution >= 0.6 is 11.9 Å². The first kappa shape index (κ1) is 18.2. The molecule has 3 nitrogen and oxygen atoms in total. The lowest BCUT2D eigenvalue weighted by Gasteiger charge is -2.21. The Labute approximate surface area is 166 Å². The Morgan fingerprint density at radius 3 is 2.48 bits per heavy atom. The van der Waals surface area contributed by atoms with Gasteiger partial charge in [-0.1, -0.05) is 48.5 Å². The van der Waals surface area contributed by atoms with Crippen LogP contribution in [0, 0.1) is 0 Å². The lowest BCUT2D eigenvalue weighted by Crippen LogP contribution is -2.17. The second kappa shape index (κ2) is 9.18. The monoisotopic (exact) mass is 375 g/mol. The molecule has 27 heavy (non-hydrogen) atoms. The van der Waals surface area contributed by atoms with Gasteiger partial charge < -0.3 is 5.32 Å². The zero-order chi connectivity index (χ0) is 18.3. The minimum Gasteiger partial charge on any atom is -0.307 e. The molecule has 3 aromatic rings. The zero-order valence-electron chi connectivity index (χ0n) is 15.4. The van der Waals surface area contributed by atoms with E-state index in [0.717, 1.165) is 25.3 Å². The first-order chi connectivity index (χ1) is 13.4. The van der Waals surface area contributed by atoms with Crippen molar-refractivity contribution < 1.29 is 0 Å². The molecule has 2 aromatic carbocycles. The Bertz CT molecular complexity index is 835. The van der Waals surface area contributed by atoms with Gasteiger partial charge in [0.05, 0.1) is 5.69 Å². The molecular formula is C23H25N3S. The van der Waals surface area contributed by atoms with Crippen LogP contribution in [0.25, 0.3) is 0 Å². The largest absolute Gasteiger partial charge is 0.307 e. The SMILES string of the molecule is c1ccc(CN(Sc2cccc(CNCc3ccccn3)c2)C2CC2)cc1. The summed E-state index contributed by atoms with van der Waals surface area (Å²) in [6, 6.07) is 26.4. The molecule has 0 saturated heterocycles. The average molecular weight is 376 g/mol. The van der Waals surface area contributed by atoms with E-state index >= 15 is 0 Å². The molecule has 0 spiro atoms. The van der Waals surface area contributed by atoms with E-state index in [-0.39, 0.29) is 0 Å². The molecule has 138 valence electrons. The van der Waals surface area contributed by atoms with Gasteiger partial charge >= 0.3 is 0 Å². The number of hydrogen-bond acceptors (Lipinski definition) is 4. The first-order valence-electron chi connectivity index (χ1n) is 9.55. The zero-order valence-corrected chi connectivity index (χ0v) is 16.2. The smallest absolute Gasteiger partial charge is 0.0541 e. The van der Waals surface area contributed by atoms with Gasteiger partial charge in [-0.2, -0.15) is 0 Å². The van der Waals surface area contributed by atoms with E-state index in [0.29, 0.717) is 6.04 Å². The standard InChI is InChI=1S/C23H25N3S/c1-2-7-19(8-3-1)18-26(22-12-13-22)27-23-11-6-9-20(15-23)16-24-17-21-10-4-5-14-25-21/h1-11,14-15,22,24H,12-13,16-18H2. The Kier molecular flexibility index (Phi) is 6.20. The van der Waals surface area contributed by atoms with Crippen LogP contribution in [0.4, 0.5) is 0 Å². The second-order valence-electron chi connectivity index (χ2n) is 6.96. The van der Waals surface area contributed by atoms with Crippen molar-refractivity contribution in [1.82, 2.24) is 14.6 Å². The molecule has 1 heterocycles. The summed E-state index contributed by atoms with van der Waals surface area (Å²) in [5, 5.41) is 3.49. The van der Waals surface area contributed by atoms with E-state index < -0.39 is 0 Å². The fourth-order valence-corrected chi connectivity index (χ4v) is 4.23. The molecule has 1 aliphatic rings. The Morgan fingerprint density at radius 2 is 1.70 bits per heavy atom. The molecule has 4 heteroatoms. The molecular weight excluding hydrogens is 350 g/mol. The number of aromatic nitrogens is 1. The molecule has 0 amide bonds. The molecule has 0 bridgehead atoms. The fraction of sp³-hybridized carbons (Fsp3) is 0.261. The molecule has 1 aliphatic carbocycles. The highest BCUT2D eigenvalue weighted by atomic mass is 32.2. The van der Waals surface area contributed by atoms with Crippen LogP contribution in [0.15, 0.2) is 83.9 Å². The Morgan fingerprint density at radius 1 is 0.889 bits per heavy atom. The maximum Gasteiger partial charge on any atom is 0.0541 e. The Balaban J connectivity index is 1.35. The summed E-state index contributed by atoms with van der Waals surface area (Å²) in [7, 11) is 0. The van der Waals surface area contributed by atoms with E-state index in [4.69, 9.17) is 0 Å². The fourth-order valence-electron chi connectivity index (χ4n) is 3.05. The molecule has 0 atom stereocenters. The maximum atomic E-state index is 4.36. The van der Waals surface area contributed by atoms with Gasteiger partial charge in [0.1, 0.15) is 0 Å². The van der Waals surface area contributed by atoms with Crippen LogP contribution < -0.4 is 5.32 Å². The van der Waals surface area contributed by atoms with Crippen molar-refractivity contribution in [1.29, 1.82) is 0 Å². The molecule has 1 saturated carbocycles. The highest BCUT2D eigenvalue weighted by molar-refractivity contribution is 7.97. The summed E-state index contributed by atoms with van der Waals surface area (Å²) in [6.45, 7) is 2.64. The van der Waals surface area contributed by atoms with Crippen molar-refractivity contribution in [3.05, 3.63) is 95.8 Å². The molecule has 0 unspecified atom stereocenters. The topological polar surface area (TPSA) is 28.2 Å². The average Bonchev–Trinajstić information content (AvgIpc) is 3.55.